The third-order valence-electron chi connectivity index (χ3n) is 0.712. The highest BCUT2D eigenvalue weighted by Gasteiger charge is 1.76. The van der Waals surface area contributed by atoms with E-state index >= 15 is 0 Å². The van der Waals surface area contributed by atoms with Crippen LogP contribution < -0.4 is 0 Å². The van der Waals surface area contributed by atoms with Crippen LogP contribution in [0.15, 0.2) is 6.26 Å². The van der Waals surface area contributed by atoms with Crippen LogP contribution in [0.3, 0.4) is 0 Å². The molecule has 0 saturated heterocycles. The van der Waals surface area contributed by atoms with Gasteiger partial charge >= 0.3 is 0 Å². The predicted octanol–water partition coefficient (Wildman–Crippen LogP) is 1.75. The number of hydrogen-bond donors (Lipinski definition) is 0. The van der Waals surface area contributed by atoms with Gasteiger partial charge < -0.3 is 4.74 Å². The van der Waals surface area contributed by atoms with Crippen molar-refractivity contribution >= 4 is 0 Å². The molecule has 0 bridgehead atoms. The highest BCUT2D eigenvalue weighted by molar-refractivity contribution is 4.42. The fourth-order valence-electron chi connectivity index (χ4n) is 0.296. The summed E-state index contributed by atoms with van der Waals surface area (Å²) in [6.07, 6.45) is 3.48. The van der Waals surface area contributed by atoms with Crippen LogP contribution in [0.1, 0.15) is 19.8 Å². The summed E-state index contributed by atoms with van der Waals surface area (Å²) in [6, 6.07) is 0. The smallest absolute Gasteiger partial charge is 0.0873 e. The van der Waals surface area contributed by atoms with E-state index in [2.05, 4.69) is 6.92 Å². The molecule has 1 heteroatoms. The molecule has 0 saturated carbocycles. The van der Waals surface area contributed by atoms with Crippen molar-refractivity contribution in [1.29, 1.82) is 0 Å². The van der Waals surface area contributed by atoms with Gasteiger partial charge in [0.2, 0.25) is 0 Å². The Morgan fingerprint density at radius 3 is 2.86 bits per heavy atom. The van der Waals surface area contributed by atoms with Gasteiger partial charge in [0.05, 0.1) is 12.9 Å². The molecule has 0 aromatic heterocycles. The molecule has 1 radical (unpaired) electrons. The van der Waals surface area contributed by atoms with Crippen molar-refractivity contribution in [1.82, 2.24) is 0 Å². The van der Waals surface area contributed by atoms with Gasteiger partial charge in [0.25, 0.3) is 0 Å². The first-order valence-corrected chi connectivity index (χ1v) is 2.56. The van der Waals surface area contributed by atoms with Crippen molar-refractivity contribution in [2.75, 3.05) is 6.61 Å². The molecule has 0 unspecified atom stereocenters. The van der Waals surface area contributed by atoms with Crippen molar-refractivity contribution in [3.8, 4) is 0 Å². The number of ether oxygens (including phenoxy) is 1. The second-order valence-electron chi connectivity index (χ2n) is 1.36. The molecule has 0 aliphatic carbocycles. The molecule has 0 rings (SSSR count). The molecule has 0 aliphatic heterocycles. The Labute approximate surface area is 45.0 Å². The molecule has 0 aliphatic rings. The second kappa shape index (κ2) is 5.54. The van der Waals surface area contributed by atoms with E-state index in [-0.39, 0.29) is 0 Å². The maximum Gasteiger partial charge on any atom is 0.0873 e. The molecule has 0 aromatic rings. The molecular weight excluding hydrogens is 88.1 g/mol. The summed E-state index contributed by atoms with van der Waals surface area (Å²) in [5.41, 5.74) is 0. The maximum atomic E-state index is 4.92. The van der Waals surface area contributed by atoms with Crippen LogP contribution in [-0.4, -0.2) is 6.61 Å². The average molecular weight is 99.2 g/mol. The minimum Gasteiger partial charge on any atom is -0.501 e. The minimum absolute atomic E-state index is 0.757. The van der Waals surface area contributed by atoms with Crippen LogP contribution in [0.4, 0.5) is 0 Å². The van der Waals surface area contributed by atoms with E-state index < -0.39 is 0 Å². The molecule has 41 valence electrons. The highest BCUT2D eigenvalue weighted by atomic mass is 16.5. The monoisotopic (exact) mass is 99.1 g/mol. The fourth-order valence-corrected chi connectivity index (χ4v) is 0.296. The van der Waals surface area contributed by atoms with E-state index in [0.717, 1.165) is 19.4 Å². The first-order valence-electron chi connectivity index (χ1n) is 2.56. The van der Waals surface area contributed by atoms with E-state index in [1.54, 1.807) is 0 Å². The summed E-state index contributed by atoms with van der Waals surface area (Å²) < 4.78 is 4.73. The van der Waals surface area contributed by atoms with Crippen molar-refractivity contribution in [3.05, 3.63) is 12.8 Å². The SMILES string of the molecule is [CH]=COCCCC. The molecule has 0 spiro atoms. The van der Waals surface area contributed by atoms with Gasteiger partial charge in [-0.05, 0) is 13.0 Å². The van der Waals surface area contributed by atoms with Gasteiger partial charge in [-0.2, -0.15) is 0 Å². The Morgan fingerprint density at radius 1 is 1.71 bits per heavy atom. The lowest BCUT2D eigenvalue weighted by Crippen LogP contribution is -1.83. The van der Waals surface area contributed by atoms with Gasteiger partial charge in [-0.25, -0.2) is 0 Å². The van der Waals surface area contributed by atoms with Crippen LogP contribution in [0.5, 0.6) is 0 Å². The van der Waals surface area contributed by atoms with E-state index in [4.69, 9.17) is 11.3 Å². The Bertz CT molecular complexity index is 41.4. The Hall–Kier alpha value is -0.460. The van der Waals surface area contributed by atoms with Crippen LogP contribution in [0.25, 0.3) is 0 Å². The van der Waals surface area contributed by atoms with Crippen LogP contribution in [-0.2, 0) is 4.74 Å². The minimum atomic E-state index is 0.757. The molecule has 0 atom stereocenters. The van der Waals surface area contributed by atoms with Gasteiger partial charge in [0.15, 0.2) is 0 Å². The standard InChI is InChI=1S/C6H11O/c1-3-5-6-7-4-2/h2,4H,3,5-6H2,1H3. The third-order valence-corrected chi connectivity index (χ3v) is 0.712. The maximum absolute atomic E-state index is 4.92. The van der Waals surface area contributed by atoms with Gasteiger partial charge in [-0.3, -0.25) is 0 Å². The summed E-state index contributed by atoms with van der Waals surface area (Å²) in [5, 5.41) is 0. The average Bonchev–Trinajstić information content (AvgIpc) is 1.69. The van der Waals surface area contributed by atoms with Crippen LogP contribution >= 0.6 is 0 Å². The predicted molar refractivity (Wildman–Crippen MR) is 29.7 cm³/mol. The van der Waals surface area contributed by atoms with Gasteiger partial charge in [0.1, 0.15) is 0 Å². The molecule has 0 amide bonds. The molecule has 0 fully saturated rings. The zero-order chi connectivity index (χ0) is 5.54. The lowest BCUT2D eigenvalue weighted by Gasteiger charge is -1.93. The first-order chi connectivity index (χ1) is 3.41. The van der Waals surface area contributed by atoms with Crippen LogP contribution in [0.2, 0.25) is 0 Å². The van der Waals surface area contributed by atoms with E-state index in [1.807, 2.05) is 0 Å². The Balaban J connectivity index is 2.56. The van der Waals surface area contributed by atoms with Crippen molar-refractivity contribution in [2.45, 2.75) is 19.8 Å². The second-order valence-corrected chi connectivity index (χ2v) is 1.36. The van der Waals surface area contributed by atoms with Crippen LogP contribution in [0, 0.1) is 6.58 Å². The van der Waals surface area contributed by atoms with Crippen molar-refractivity contribution in [2.24, 2.45) is 0 Å². The van der Waals surface area contributed by atoms with Gasteiger partial charge in [-0.15, -0.1) is 0 Å². The molecule has 7 heavy (non-hydrogen) atoms. The fraction of sp³-hybridized carbons (Fsp3) is 0.667. The summed E-state index contributed by atoms with van der Waals surface area (Å²) in [4.78, 5) is 0. The zero-order valence-electron chi connectivity index (χ0n) is 4.68. The molecular formula is C6H11O. The zero-order valence-corrected chi connectivity index (χ0v) is 4.68. The van der Waals surface area contributed by atoms with E-state index in [0.29, 0.717) is 0 Å². The summed E-state index contributed by atoms with van der Waals surface area (Å²) >= 11 is 0. The summed E-state index contributed by atoms with van der Waals surface area (Å²) in [7, 11) is 0. The summed E-state index contributed by atoms with van der Waals surface area (Å²) in [5.74, 6) is 0. The molecule has 1 nitrogen and oxygen atoms in total. The lowest BCUT2D eigenvalue weighted by molar-refractivity contribution is 0.244. The first kappa shape index (κ1) is 6.54. The quantitative estimate of drug-likeness (QED) is 0.385. The van der Waals surface area contributed by atoms with Crippen molar-refractivity contribution in [3.63, 3.8) is 0 Å². The highest BCUT2D eigenvalue weighted by Crippen LogP contribution is 1.85. The molecule has 0 N–H and O–H groups in total. The Morgan fingerprint density at radius 2 is 2.43 bits per heavy atom. The topological polar surface area (TPSA) is 9.23 Å². The molecule has 0 heterocycles. The lowest BCUT2D eigenvalue weighted by atomic mass is 10.4. The number of hydrogen-bond acceptors (Lipinski definition) is 1. The Kier molecular flexibility index (Phi) is 5.18. The van der Waals surface area contributed by atoms with E-state index in [1.165, 1.54) is 6.26 Å². The third kappa shape index (κ3) is 5.54. The van der Waals surface area contributed by atoms with E-state index in [9.17, 15) is 0 Å². The normalized spacial score (nSPS) is 8.14. The van der Waals surface area contributed by atoms with Crippen molar-refractivity contribution < 1.29 is 4.74 Å². The van der Waals surface area contributed by atoms with Gasteiger partial charge in [-0.1, -0.05) is 13.3 Å². The largest absolute Gasteiger partial charge is 0.501 e. The number of unbranched alkanes of at least 4 members (excludes halogenated alkanes) is 1. The number of rotatable bonds is 4. The summed E-state index contributed by atoms with van der Waals surface area (Å²) in [6.45, 7) is 7.79. The molecule has 0 aromatic carbocycles. The van der Waals surface area contributed by atoms with Gasteiger partial charge in [0, 0.05) is 0 Å².